The molecule has 0 bridgehead atoms. The normalized spacial score (nSPS) is 22.2. The average molecular weight is 257 g/mol. The Morgan fingerprint density at radius 3 is 2.47 bits per heavy atom. The predicted molar refractivity (Wildman–Crippen MR) is 81.7 cm³/mol. The topological polar surface area (TPSA) is 23.5 Å². The predicted octanol–water partition coefficient (Wildman–Crippen LogP) is 3.28. The summed E-state index contributed by atoms with van der Waals surface area (Å²) in [4.78, 5) is 2.06. The van der Waals surface area contributed by atoms with E-state index in [1.54, 1.807) is 0 Å². The zero-order valence-electron chi connectivity index (χ0n) is 12.1. The molecule has 2 heteroatoms. The summed E-state index contributed by atoms with van der Waals surface area (Å²) >= 11 is 0. The molecule has 1 aromatic carbocycles. The van der Waals surface area contributed by atoms with Crippen molar-refractivity contribution in [1.82, 2.24) is 0 Å². The molecule has 0 saturated heterocycles. The monoisotopic (exact) mass is 257 g/mol. The van der Waals surface area contributed by atoms with Crippen LogP contribution < -0.4 is 4.90 Å². The summed E-state index contributed by atoms with van der Waals surface area (Å²) in [5.74, 6) is 0. The molecule has 1 atom stereocenters. The van der Waals surface area contributed by atoms with E-state index in [1.165, 1.54) is 11.1 Å². The van der Waals surface area contributed by atoms with Gasteiger partial charge in [-0.25, -0.2) is 0 Å². The van der Waals surface area contributed by atoms with Crippen LogP contribution in [0.1, 0.15) is 25.8 Å². The van der Waals surface area contributed by atoms with Crippen molar-refractivity contribution in [2.75, 3.05) is 25.1 Å². The largest absolute Gasteiger partial charge is 0.395 e. The summed E-state index contributed by atoms with van der Waals surface area (Å²) in [6.07, 6.45) is 7.86. The van der Waals surface area contributed by atoms with Gasteiger partial charge >= 0.3 is 0 Å². The third-order valence-corrected chi connectivity index (χ3v) is 3.97. The summed E-state index contributed by atoms with van der Waals surface area (Å²) in [5.41, 5.74) is 3.94. The van der Waals surface area contributed by atoms with Gasteiger partial charge < -0.3 is 10.0 Å². The van der Waals surface area contributed by atoms with Crippen LogP contribution in [0, 0.1) is 0 Å². The number of anilines is 1. The molecule has 1 unspecified atom stereocenters. The van der Waals surface area contributed by atoms with Gasteiger partial charge in [0.15, 0.2) is 0 Å². The highest BCUT2D eigenvalue weighted by atomic mass is 16.3. The number of likely N-dealkylation sites (N-methyl/N-ethyl adjacent to an activating group) is 1. The Labute approximate surface area is 116 Å². The minimum absolute atomic E-state index is 0.105. The molecule has 2 rings (SSSR count). The summed E-state index contributed by atoms with van der Waals surface area (Å²) in [6, 6.07) is 8.66. The van der Waals surface area contributed by atoms with Crippen molar-refractivity contribution in [1.29, 1.82) is 0 Å². The molecular formula is C17H23NO. The second kappa shape index (κ2) is 5.62. The van der Waals surface area contributed by atoms with Gasteiger partial charge in [-0.05, 0) is 31.0 Å². The Bertz CT molecular complexity index is 486. The first kappa shape index (κ1) is 13.9. The fourth-order valence-corrected chi connectivity index (χ4v) is 2.41. The third-order valence-electron chi connectivity index (χ3n) is 3.97. The molecule has 0 heterocycles. The molecule has 1 aliphatic carbocycles. The smallest absolute Gasteiger partial charge is 0.0606 e. The van der Waals surface area contributed by atoms with Crippen molar-refractivity contribution in [2.24, 2.45) is 0 Å². The zero-order chi connectivity index (χ0) is 13.9. The molecule has 1 aliphatic rings. The van der Waals surface area contributed by atoms with E-state index in [0.717, 1.165) is 12.1 Å². The van der Waals surface area contributed by atoms with E-state index in [0.29, 0.717) is 6.54 Å². The van der Waals surface area contributed by atoms with Crippen molar-refractivity contribution in [3.63, 3.8) is 0 Å². The molecule has 0 fully saturated rings. The number of hydrogen-bond donors (Lipinski definition) is 1. The molecule has 19 heavy (non-hydrogen) atoms. The number of nitrogens with zero attached hydrogens (tertiary/aromatic N) is 1. The first-order valence-electron chi connectivity index (χ1n) is 6.84. The SMILES string of the molecule is CC1=CCC(C)(c2ccc(N(C)CCO)cc2)C=C1. The fourth-order valence-electron chi connectivity index (χ4n) is 2.41. The van der Waals surface area contributed by atoms with Gasteiger partial charge in [0.25, 0.3) is 0 Å². The van der Waals surface area contributed by atoms with Gasteiger partial charge in [-0.2, -0.15) is 0 Å². The van der Waals surface area contributed by atoms with Gasteiger partial charge in [0.05, 0.1) is 6.61 Å². The molecular weight excluding hydrogens is 234 g/mol. The zero-order valence-corrected chi connectivity index (χ0v) is 12.1. The lowest BCUT2D eigenvalue weighted by molar-refractivity contribution is 0.304. The van der Waals surface area contributed by atoms with Crippen LogP contribution in [-0.4, -0.2) is 25.3 Å². The highest BCUT2D eigenvalue weighted by molar-refractivity contribution is 5.49. The van der Waals surface area contributed by atoms with Gasteiger partial charge in [0, 0.05) is 24.7 Å². The molecule has 102 valence electrons. The molecule has 0 aliphatic heterocycles. The molecule has 1 aromatic rings. The van der Waals surface area contributed by atoms with E-state index >= 15 is 0 Å². The number of rotatable bonds is 4. The Morgan fingerprint density at radius 2 is 1.95 bits per heavy atom. The van der Waals surface area contributed by atoms with Crippen molar-refractivity contribution in [3.8, 4) is 0 Å². The van der Waals surface area contributed by atoms with Gasteiger partial charge in [0.2, 0.25) is 0 Å². The van der Waals surface area contributed by atoms with E-state index in [-0.39, 0.29) is 12.0 Å². The molecule has 0 radical (unpaired) electrons. The van der Waals surface area contributed by atoms with E-state index in [4.69, 9.17) is 5.11 Å². The molecule has 0 aromatic heterocycles. The van der Waals surface area contributed by atoms with E-state index < -0.39 is 0 Å². The van der Waals surface area contributed by atoms with E-state index in [2.05, 4.69) is 61.2 Å². The van der Waals surface area contributed by atoms with Crippen LogP contribution in [-0.2, 0) is 5.41 Å². The molecule has 0 saturated carbocycles. The summed E-state index contributed by atoms with van der Waals surface area (Å²) in [6.45, 7) is 5.27. The van der Waals surface area contributed by atoms with Crippen LogP contribution in [0.5, 0.6) is 0 Å². The van der Waals surface area contributed by atoms with Crippen molar-refractivity contribution in [3.05, 3.63) is 53.6 Å². The second-order valence-corrected chi connectivity index (χ2v) is 5.60. The van der Waals surface area contributed by atoms with Gasteiger partial charge in [-0.3, -0.25) is 0 Å². The molecule has 2 nitrogen and oxygen atoms in total. The van der Waals surface area contributed by atoms with Crippen LogP contribution in [0.3, 0.4) is 0 Å². The maximum absolute atomic E-state index is 8.97. The first-order chi connectivity index (χ1) is 9.05. The lowest BCUT2D eigenvalue weighted by Gasteiger charge is -2.29. The van der Waals surface area contributed by atoms with E-state index in [1.807, 2.05) is 7.05 Å². The maximum atomic E-state index is 8.97. The Hall–Kier alpha value is -1.54. The van der Waals surface area contributed by atoms with Crippen LogP contribution in [0.15, 0.2) is 48.1 Å². The number of aliphatic hydroxyl groups excluding tert-OH is 1. The highest BCUT2D eigenvalue weighted by Crippen LogP contribution is 2.34. The van der Waals surface area contributed by atoms with Crippen LogP contribution in [0.25, 0.3) is 0 Å². The minimum Gasteiger partial charge on any atom is -0.395 e. The van der Waals surface area contributed by atoms with Crippen molar-refractivity contribution in [2.45, 2.75) is 25.7 Å². The molecule has 1 N–H and O–H groups in total. The summed E-state index contributed by atoms with van der Waals surface area (Å²) in [5, 5.41) is 8.97. The second-order valence-electron chi connectivity index (χ2n) is 5.60. The standard InChI is InChI=1S/C17H23NO/c1-14-8-10-17(2,11-9-14)15-4-6-16(7-5-15)18(3)12-13-19/h4-10,19H,11-13H2,1-3H3. The lowest BCUT2D eigenvalue weighted by Crippen LogP contribution is -2.22. The average Bonchev–Trinajstić information content (AvgIpc) is 2.43. The number of benzene rings is 1. The summed E-state index contributed by atoms with van der Waals surface area (Å²) < 4.78 is 0. The quantitative estimate of drug-likeness (QED) is 0.894. The molecule has 0 amide bonds. The van der Waals surface area contributed by atoms with Gasteiger partial charge in [0.1, 0.15) is 0 Å². The number of allylic oxidation sites excluding steroid dienone is 4. The van der Waals surface area contributed by atoms with Crippen LogP contribution >= 0.6 is 0 Å². The van der Waals surface area contributed by atoms with Crippen molar-refractivity contribution < 1.29 is 5.11 Å². The Balaban J connectivity index is 2.17. The number of aliphatic hydroxyl groups is 1. The number of hydrogen-bond acceptors (Lipinski definition) is 2. The third kappa shape index (κ3) is 3.07. The minimum atomic E-state index is 0.105. The van der Waals surface area contributed by atoms with Crippen LogP contribution in [0.4, 0.5) is 5.69 Å². The van der Waals surface area contributed by atoms with Gasteiger partial charge in [-0.15, -0.1) is 0 Å². The van der Waals surface area contributed by atoms with E-state index in [9.17, 15) is 0 Å². The van der Waals surface area contributed by atoms with Crippen molar-refractivity contribution >= 4 is 5.69 Å². The Kier molecular flexibility index (Phi) is 4.11. The summed E-state index contributed by atoms with van der Waals surface area (Å²) in [7, 11) is 2.00. The lowest BCUT2D eigenvalue weighted by atomic mass is 9.76. The maximum Gasteiger partial charge on any atom is 0.0606 e. The highest BCUT2D eigenvalue weighted by Gasteiger charge is 2.24. The first-order valence-corrected chi connectivity index (χ1v) is 6.84. The Morgan fingerprint density at radius 1 is 1.26 bits per heavy atom. The van der Waals surface area contributed by atoms with Crippen LogP contribution in [0.2, 0.25) is 0 Å². The molecule has 0 spiro atoms. The van der Waals surface area contributed by atoms with Gasteiger partial charge in [-0.1, -0.05) is 42.9 Å². The fraction of sp³-hybridized carbons (Fsp3) is 0.412.